The van der Waals surface area contributed by atoms with E-state index in [1.54, 1.807) is 12.0 Å². The molecule has 0 radical (unpaired) electrons. The van der Waals surface area contributed by atoms with Crippen LogP contribution < -0.4 is 0 Å². The van der Waals surface area contributed by atoms with Crippen LogP contribution in [0.15, 0.2) is 0 Å². The predicted molar refractivity (Wildman–Crippen MR) is 187 cm³/mol. The number of carbonyl (C=O) groups is 2. The van der Waals surface area contributed by atoms with Crippen molar-refractivity contribution < 1.29 is 395 Å². The number of halogens is 80. The molecule has 2 atom stereocenters. The molecule has 1 amide bonds. The first-order chi connectivity index (χ1) is 51.7. The number of amides is 1. The van der Waals surface area contributed by atoms with Crippen LogP contribution in [0.25, 0.3) is 0 Å². The number of methoxy groups -OCH3 is 1. The van der Waals surface area contributed by atoms with Gasteiger partial charge in [-0.25, -0.2) is 4.79 Å². The first-order valence-corrected chi connectivity index (χ1v) is 14.8. The van der Waals surface area contributed by atoms with E-state index in [2.05, 4.69) is 0 Å². The molecule has 1 heterocycles. The van der Waals surface area contributed by atoms with Gasteiger partial charge >= 0.3 is 12.1 Å². The largest absolute Gasteiger partial charge is 0.481 e. The number of carbonyl (C=O) groups excluding carboxylic acids is 1. The summed E-state index contributed by atoms with van der Waals surface area (Å²) in [4.78, 5) is 25.1. The van der Waals surface area contributed by atoms with Crippen molar-refractivity contribution >= 4 is 12.1 Å². The van der Waals surface area contributed by atoms with E-state index in [1.165, 1.54) is 0 Å². The maximum Gasteiger partial charge on any atom is 0.410 e. The second-order valence-electron chi connectivity index (χ2n) is 8.03. The molecule has 712 valence electrons. The molecule has 1 N–H and O–H groups in total. The summed E-state index contributed by atoms with van der Waals surface area (Å²) in [6, 6.07) is -0.0722. The SMILES string of the molecule is C.CO[C@H]1C[C@@H](COC2CCC(C(=O)O)CC2)N(C(=O)OC(C)(C)C)C1.FF.FF.FF.FF.FF.FF.FF.FF.FF.FF.FF.FF.FF.FF.FF.FF.FF.FF.FF.FF.FF.FF.FF.FF.FF.FF.FF.FF.FF.FF.FF.FF.FF.FF.FF.FF.FF.FF.FF.FF. The molecule has 1 aliphatic carbocycles. The summed E-state index contributed by atoms with van der Waals surface area (Å²) < 4.78 is 657. The average molecular weight is 1890 g/mol. The highest BCUT2D eigenvalue weighted by Crippen LogP contribution is 2.28. The summed E-state index contributed by atoms with van der Waals surface area (Å²) in [5.74, 6) is -0.962. The Balaban J connectivity index is -0.0000000123. The predicted octanol–water partition coefficient (Wildman–Crippen LogP) is 36.9. The number of hydrogen-bond donors (Lipinski definition) is 1. The molecule has 2 fully saturated rings. The van der Waals surface area contributed by atoms with Crippen molar-refractivity contribution in [2.24, 2.45) is 5.92 Å². The van der Waals surface area contributed by atoms with Gasteiger partial charge in [-0.1, -0.05) is 7.43 Å². The van der Waals surface area contributed by atoms with Crippen LogP contribution >= 0.6 is 0 Å². The Labute approximate surface area is 524 Å². The maximum absolute atomic E-state index is 12.4. The summed E-state index contributed by atoms with van der Waals surface area (Å²) in [7, 11) is 1.65. The van der Waals surface area contributed by atoms with Gasteiger partial charge in [-0.05, 0) is 52.9 Å². The molecule has 0 aromatic carbocycles. The fourth-order valence-corrected chi connectivity index (χ4v) is 3.47. The summed E-state index contributed by atoms with van der Waals surface area (Å²) in [6.45, 7) is 6.48. The third kappa shape index (κ3) is 729. The lowest BCUT2D eigenvalue weighted by molar-refractivity contribution is -0.144. The molecular formula is C19H35F80NO6. The molecule has 7 nitrogen and oxygen atoms in total. The van der Waals surface area contributed by atoms with E-state index in [0.29, 0.717) is 26.0 Å². The topological polar surface area (TPSA) is 85.3 Å². The maximum atomic E-state index is 12.4. The molecule has 0 unspecified atom stereocenters. The number of ether oxygens (including phenoxy) is 3. The molecule has 0 bridgehead atoms. The molecule has 1 aliphatic heterocycles. The zero-order chi connectivity index (χ0) is 98.6. The fourth-order valence-electron chi connectivity index (χ4n) is 3.47. The normalized spacial score (nSPS) is 9.42. The number of likely N-dealkylation sites (tertiary alicyclic amines) is 1. The van der Waals surface area contributed by atoms with Crippen molar-refractivity contribution in [3.8, 4) is 0 Å². The van der Waals surface area contributed by atoms with Gasteiger partial charge in [0, 0.05) is 373 Å². The van der Waals surface area contributed by atoms with Crippen LogP contribution in [0, 0.1) is 5.92 Å². The van der Waals surface area contributed by atoms with E-state index in [0.717, 1.165) is 19.3 Å². The molecular weight excluding hydrogens is 1860 g/mol. The Hall–Kier alpha value is -6.94. The lowest BCUT2D eigenvalue weighted by Gasteiger charge is -2.31. The Morgan fingerprint density at radius 2 is 0.443 bits per heavy atom. The van der Waals surface area contributed by atoms with Gasteiger partial charge in [0.1, 0.15) is 5.60 Å². The van der Waals surface area contributed by atoms with Crippen molar-refractivity contribution in [3.63, 3.8) is 0 Å². The summed E-state index contributed by atoms with van der Waals surface area (Å²) in [5.41, 5.74) is -0.539. The second-order valence-corrected chi connectivity index (χ2v) is 8.03. The van der Waals surface area contributed by atoms with Gasteiger partial charge in [0.25, 0.3) is 0 Å². The van der Waals surface area contributed by atoms with E-state index >= 15 is 0 Å². The van der Waals surface area contributed by atoms with Gasteiger partial charge in [-0.3, -0.25) is 4.79 Å². The molecule has 0 aromatic heterocycles. The minimum atomic E-state index is -0.715. The standard InChI is InChI=1S/C18H31NO6.CH4.40F2/c1-18(2,3)25-17(22)19-10-15(23-4)9-13(19)11-24-14-7-5-12(6-8-14)16(20)21;;40*1-2/h12-15H,5-11H2,1-4H3,(H,20,21);1H4;;;;;;;;;;;;;;;;;;;;;;;;;;;;;;;;;;;;;;;;/t12?,13-,14?,15-;;;;;;;;;;;;;;;;;;;;;;;;;;;;;;;;;;;;;;;;;/m0........................................./s1. The minimum Gasteiger partial charge on any atom is -0.481 e. The van der Waals surface area contributed by atoms with E-state index < -0.39 is 11.6 Å². The average Bonchev–Trinajstić information content (AvgIpc) is 1.68. The van der Waals surface area contributed by atoms with Crippen LogP contribution in [0.3, 0.4) is 0 Å². The van der Waals surface area contributed by atoms with Crippen LogP contribution in [0.5, 0.6) is 0 Å². The third-order valence-corrected chi connectivity index (χ3v) is 4.89. The molecule has 0 spiro atoms. The van der Waals surface area contributed by atoms with Crippen LogP contribution in [-0.2, 0) is 19.0 Å². The van der Waals surface area contributed by atoms with Crippen LogP contribution in [0.1, 0.15) is 60.3 Å². The van der Waals surface area contributed by atoms with Crippen molar-refractivity contribution in [1.29, 1.82) is 0 Å². The second kappa shape index (κ2) is 1020. The highest BCUT2D eigenvalue weighted by Gasteiger charge is 2.38. The van der Waals surface area contributed by atoms with Crippen molar-refractivity contribution in [2.45, 2.75) is 84.2 Å². The third-order valence-electron chi connectivity index (χ3n) is 4.89. The van der Waals surface area contributed by atoms with Gasteiger partial charge in [-0.2, -0.15) is 0 Å². The monoisotopic (exact) mass is 1890 g/mol. The highest BCUT2D eigenvalue weighted by atomic mass is 20.1. The summed E-state index contributed by atoms with van der Waals surface area (Å²) >= 11 is 0. The highest BCUT2D eigenvalue weighted by molar-refractivity contribution is 5.70. The summed E-state index contributed by atoms with van der Waals surface area (Å²) in [6.07, 6.45) is 3.26. The first kappa shape index (κ1) is 273. The zero-order valence-corrected chi connectivity index (χ0v) is 45.9. The van der Waals surface area contributed by atoms with E-state index in [4.69, 9.17) is 385 Å². The minimum absolute atomic E-state index is 0. The lowest BCUT2D eigenvalue weighted by atomic mass is 9.87. The molecule has 106 heavy (non-hydrogen) atoms. The van der Waals surface area contributed by atoms with Gasteiger partial charge in [-0.15, -0.1) is 0 Å². The van der Waals surface area contributed by atoms with Crippen molar-refractivity contribution in [2.75, 3.05) is 20.3 Å². The fraction of sp³-hybridized carbons (Fsp3) is 0.895. The van der Waals surface area contributed by atoms with Crippen molar-refractivity contribution in [3.05, 3.63) is 0 Å². The molecule has 2 aliphatic rings. The number of rotatable bonds is 5. The number of aliphatic carboxylic acids is 1. The zero-order valence-electron chi connectivity index (χ0n) is 45.9. The smallest absolute Gasteiger partial charge is 0.410 e. The van der Waals surface area contributed by atoms with Crippen LogP contribution in [0.2, 0.25) is 0 Å². The number of nitrogens with zero attached hydrogens (tertiary/aromatic N) is 1. The van der Waals surface area contributed by atoms with Crippen molar-refractivity contribution in [1.82, 2.24) is 4.90 Å². The molecule has 87 heteroatoms. The summed E-state index contributed by atoms with van der Waals surface area (Å²) in [5, 5.41) is 9.06. The van der Waals surface area contributed by atoms with Gasteiger partial charge in [0.15, 0.2) is 0 Å². The Morgan fingerprint density at radius 3 is 0.566 bits per heavy atom. The van der Waals surface area contributed by atoms with Gasteiger partial charge in [0.05, 0.1) is 37.3 Å². The van der Waals surface area contributed by atoms with Gasteiger partial charge in [0.2, 0.25) is 0 Å². The molecule has 0 aromatic rings. The first-order valence-electron chi connectivity index (χ1n) is 14.8. The molecule has 1 saturated heterocycles. The number of carboxylic acids is 1. The van der Waals surface area contributed by atoms with Crippen LogP contribution in [0.4, 0.5) is 371 Å². The lowest BCUT2D eigenvalue weighted by Crippen LogP contribution is -2.42. The Morgan fingerprint density at radius 1 is 0.292 bits per heavy atom. The van der Waals surface area contributed by atoms with E-state index in [9.17, 15) is 9.59 Å². The Kier molecular flexibility index (Phi) is 2630. The number of hydrogen-bond acceptors (Lipinski definition) is 5. The molecule has 1 saturated carbocycles. The van der Waals surface area contributed by atoms with Crippen LogP contribution in [-0.4, -0.2) is 66.2 Å². The van der Waals surface area contributed by atoms with E-state index in [-0.39, 0.29) is 37.7 Å². The van der Waals surface area contributed by atoms with Gasteiger partial charge < -0.3 is 24.2 Å². The quantitative estimate of drug-likeness (QED) is 0.276. The number of carboxylic acid groups (broad SMARTS) is 1. The molecule has 2 rings (SSSR count). The Bertz CT molecular complexity index is 552. The van der Waals surface area contributed by atoms with E-state index in [1.807, 2.05) is 20.8 Å².